The highest BCUT2D eigenvalue weighted by molar-refractivity contribution is 7.99. The molecule has 0 bridgehead atoms. The van der Waals surface area contributed by atoms with Crippen LogP contribution >= 0.6 is 11.8 Å². The van der Waals surface area contributed by atoms with Gasteiger partial charge in [0, 0.05) is 17.8 Å². The van der Waals surface area contributed by atoms with Crippen LogP contribution in [0.5, 0.6) is 0 Å². The lowest BCUT2D eigenvalue weighted by Crippen LogP contribution is -2.37. The fourth-order valence-corrected chi connectivity index (χ4v) is 1.91. The molecule has 1 N–H and O–H groups in total. The van der Waals surface area contributed by atoms with Crippen LogP contribution in [0.25, 0.3) is 0 Å². The van der Waals surface area contributed by atoms with Crippen LogP contribution in [0.2, 0.25) is 0 Å². The molecule has 0 fully saturated rings. The summed E-state index contributed by atoms with van der Waals surface area (Å²) >= 11 is 2.07. The molecular formula is C11H25NS. The first-order valence-corrected chi connectivity index (χ1v) is 6.54. The summed E-state index contributed by atoms with van der Waals surface area (Å²) < 4.78 is 0. The van der Waals surface area contributed by atoms with E-state index in [1.165, 1.54) is 30.8 Å². The van der Waals surface area contributed by atoms with Crippen molar-refractivity contribution in [2.75, 3.05) is 18.1 Å². The van der Waals surface area contributed by atoms with Crippen LogP contribution in [0.15, 0.2) is 0 Å². The van der Waals surface area contributed by atoms with Crippen molar-refractivity contribution in [1.29, 1.82) is 0 Å². The van der Waals surface area contributed by atoms with Gasteiger partial charge in [-0.15, -0.1) is 0 Å². The van der Waals surface area contributed by atoms with Gasteiger partial charge in [0.1, 0.15) is 0 Å². The number of hydrogen-bond donors (Lipinski definition) is 1. The van der Waals surface area contributed by atoms with E-state index in [4.69, 9.17) is 0 Å². The van der Waals surface area contributed by atoms with E-state index in [-0.39, 0.29) is 5.54 Å². The SMILES string of the molecule is CCCCCSCCNC(C)(C)C. The maximum absolute atomic E-state index is 3.49. The summed E-state index contributed by atoms with van der Waals surface area (Å²) in [5, 5.41) is 3.49. The van der Waals surface area contributed by atoms with Gasteiger partial charge in [-0.2, -0.15) is 11.8 Å². The van der Waals surface area contributed by atoms with E-state index in [2.05, 4.69) is 44.8 Å². The Morgan fingerprint density at radius 2 is 1.77 bits per heavy atom. The third-order valence-corrected chi connectivity index (χ3v) is 2.86. The van der Waals surface area contributed by atoms with Crippen LogP contribution in [0, 0.1) is 0 Å². The van der Waals surface area contributed by atoms with Gasteiger partial charge in [0.05, 0.1) is 0 Å². The van der Waals surface area contributed by atoms with Gasteiger partial charge in [0.2, 0.25) is 0 Å². The van der Waals surface area contributed by atoms with E-state index >= 15 is 0 Å². The van der Waals surface area contributed by atoms with Crippen molar-refractivity contribution in [2.24, 2.45) is 0 Å². The third kappa shape index (κ3) is 12.3. The molecule has 13 heavy (non-hydrogen) atoms. The fraction of sp³-hybridized carbons (Fsp3) is 1.00. The third-order valence-electron chi connectivity index (χ3n) is 1.79. The molecule has 80 valence electrons. The molecule has 0 aliphatic heterocycles. The largest absolute Gasteiger partial charge is 0.311 e. The number of rotatable bonds is 7. The van der Waals surface area contributed by atoms with Crippen molar-refractivity contribution in [3.8, 4) is 0 Å². The second-order valence-corrected chi connectivity index (χ2v) is 5.72. The van der Waals surface area contributed by atoms with E-state index in [0.717, 1.165) is 6.54 Å². The maximum Gasteiger partial charge on any atom is 0.00968 e. The number of nitrogens with one attached hydrogen (secondary N) is 1. The average Bonchev–Trinajstić information content (AvgIpc) is 2.01. The van der Waals surface area contributed by atoms with Crippen molar-refractivity contribution in [3.05, 3.63) is 0 Å². The summed E-state index contributed by atoms with van der Waals surface area (Å²) in [7, 11) is 0. The first-order valence-electron chi connectivity index (χ1n) is 5.39. The minimum atomic E-state index is 0.282. The first-order chi connectivity index (χ1) is 6.06. The molecule has 0 aromatic carbocycles. The van der Waals surface area contributed by atoms with Gasteiger partial charge in [-0.25, -0.2) is 0 Å². The molecule has 1 nitrogen and oxygen atoms in total. The normalized spacial score (nSPS) is 12.0. The molecule has 0 unspecified atom stereocenters. The van der Waals surface area contributed by atoms with Crippen LogP contribution in [0.4, 0.5) is 0 Å². The zero-order valence-corrected chi connectivity index (χ0v) is 10.5. The number of thioether (sulfide) groups is 1. The van der Waals surface area contributed by atoms with Gasteiger partial charge in [0.25, 0.3) is 0 Å². The quantitative estimate of drug-likeness (QED) is 0.637. The van der Waals surface area contributed by atoms with Crippen LogP contribution < -0.4 is 5.32 Å². The Bertz CT molecular complexity index is 107. The Morgan fingerprint density at radius 3 is 2.31 bits per heavy atom. The van der Waals surface area contributed by atoms with Crippen molar-refractivity contribution in [3.63, 3.8) is 0 Å². The minimum absolute atomic E-state index is 0.282. The van der Waals surface area contributed by atoms with Crippen LogP contribution in [0.1, 0.15) is 47.0 Å². The van der Waals surface area contributed by atoms with Crippen LogP contribution in [-0.2, 0) is 0 Å². The predicted octanol–water partition coefficient (Wildman–Crippen LogP) is 3.30. The van der Waals surface area contributed by atoms with Gasteiger partial charge in [-0.3, -0.25) is 0 Å². The van der Waals surface area contributed by atoms with Gasteiger partial charge < -0.3 is 5.32 Å². The number of unbranched alkanes of at least 4 members (excludes halogenated alkanes) is 2. The molecule has 0 saturated heterocycles. The van der Waals surface area contributed by atoms with Gasteiger partial charge in [-0.05, 0) is 32.9 Å². The summed E-state index contributed by atoms with van der Waals surface area (Å²) in [6.07, 6.45) is 4.11. The maximum atomic E-state index is 3.49. The van der Waals surface area contributed by atoms with E-state index < -0.39 is 0 Å². The van der Waals surface area contributed by atoms with Crippen molar-refractivity contribution >= 4 is 11.8 Å². The van der Waals surface area contributed by atoms with E-state index in [1.54, 1.807) is 0 Å². The molecule has 2 heteroatoms. The van der Waals surface area contributed by atoms with Gasteiger partial charge >= 0.3 is 0 Å². The summed E-state index contributed by atoms with van der Waals surface area (Å²) in [5.41, 5.74) is 0.282. The molecular weight excluding hydrogens is 178 g/mol. The Balaban J connectivity index is 3.00. The van der Waals surface area contributed by atoms with E-state index in [9.17, 15) is 0 Å². The summed E-state index contributed by atoms with van der Waals surface area (Å²) in [4.78, 5) is 0. The summed E-state index contributed by atoms with van der Waals surface area (Å²) in [5.74, 6) is 2.58. The molecule has 0 aliphatic rings. The lowest BCUT2D eigenvalue weighted by atomic mass is 10.1. The molecule has 0 atom stereocenters. The fourth-order valence-electron chi connectivity index (χ4n) is 1.05. The second-order valence-electron chi connectivity index (χ2n) is 4.50. The monoisotopic (exact) mass is 203 g/mol. The average molecular weight is 203 g/mol. The zero-order valence-electron chi connectivity index (χ0n) is 9.65. The highest BCUT2D eigenvalue weighted by Crippen LogP contribution is 2.06. The van der Waals surface area contributed by atoms with Crippen LogP contribution in [-0.4, -0.2) is 23.6 Å². The van der Waals surface area contributed by atoms with E-state index in [1.807, 2.05) is 0 Å². The highest BCUT2D eigenvalue weighted by atomic mass is 32.2. The van der Waals surface area contributed by atoms with E-state index in [0.29, 0.717) is 0 Å². The zero-order chi connectivity index (χ0) is 10.2. The topological polar surface area (TPSA) is 12.0 Å². The first kappa shape index (κ1) is 13.3. The lowest BCUT2D eigenvalue weighted by Gasteiger charge is -2.20. The molecule has 0 heterocycles. The molecule has 0 aromatic heterocycles. The molecule has 0 amide bonds. The smallest absolute Gasteiger partial charge is 0.00968 e. The Labute approximate surface area is 88.1 Å². The Hall–Kier alpha value is 0.310. The molecule has 0 spiro atoms. The molecule has 0 aliphatic carbocycles. The highest BCUT2D eigenvalue weighted by Gasteiger charge is 2.06. The minimum Gasteiger partial charge on any atom is -0.311 e. The molecule has 0 saturated carbocycles. The Kier molecular flexibility index (Phi) is 7.87. The van der Waals surface area contributed by atoms with Crippen LogP contribution in [0.3, 0.4) is 0 Å². The Morgan fingerprint density at radius 1 is 1.08 bits per heavy atom. The van der Waals surface area contributed by atoms with Gasteiger partial charge in [0.15, 0.2) is 0 Å². The standard InChI is InChI=1S/C11H25NS/c1-5-6-7-9-13-10-8-12-11(2,3)4/h12H,5-10H2,1-4H3. The van der Waals surface area contributed by atoms with Gasteiger partial charge in [-0.1, -0.05) is 19.8 Å². The molecule has 0 radical (unpaired) electrons. The summed E-state index contributed by atoms with van der Waals surface area (Å²) in [6, 6.07) is 0. The lowest BCUT2D eigenvalue weighted by molar-refractivity contribution is 0.441. The van der Waals surface area contributed by atoms with Crippen molar-refractivity contribution < 1.29 is 0 Å². The van der Waals surface area contributed by atoms with Crippen molar-refractivity contribution in [1.82, 2.24) is 5.32 Å². The predicted molar refractivity (Wildman–Crippen MR) is 64.6 cm³/mol. The number of hydrogen-bond acceptors (Lipinski definition) is 2. The molecule has 0 aromatic rings. The second kappa shape index (κ2) is 7.69. The summed E-state index contributed by atoms with van der Waals surface area (Å²) in [6.45, 7) is 10.0. The van der Waals surface area contributed by atoms with Crippen molar-refractivity contribution in [2.45, 2.75) is 52.5 Å². The molecule has 0 rings (SSSR count).